The molecule has 2 rings (SSSR count). The molecule has 0 saturated heterocycles. The average molecular weight is 387 g/mol. The third-order valence-corrected chi connectivity index (χ3v) is 4.11. The van der Waals surface area contributed by atoms with Crippen LogP contribution in [-0.2, 0) is 9.59 Å². The van der Waals surface area contributed by atoms with Crippen LogP contribution in [0.4, 0.5) is 5.69 Å². The zero-order valence-corrected chi connectivity index (χ0v) is 15.1. The Morgan fingerprint density at radius 3 is 2.38 bits per heavy atom. The van der Waals surface area contributed by atoms with Gasteiger partial charge in [0.25, 0.3) is 0 Å². The van der Waals surface area contributed by atoms with Crippen LogP contribution in [-0.4, -0.2) is 11.8 Å². The number of halogens is 1. The molecule has 0 saturated carbocycles. The van der Waals surface area contributed by atoms with Crippen molar-refractivity contribution in [3.05, 3.63) is 70.2 Å². The van der Waals surface area contributed by atoms with Crippen molar-refractivity contribution in [2.45, 2.75) is 19.9 Å². The fraction of sp³-hybridized carbons (Fsp3) is 0.158. The van der Waals surface area contributed by atoms with Gasteiger partial charge in [0, 0.05) is 23.2 Å². The molecule has 1 unspecified atom stereocenters. The molecule has 0 aliphatic carbocycles. The first kappa shape index (κ1) is 17.9. The number of carbonyl (C=O) groups excluding carboxylic acids is 2. The predicted octanol–water partition coefficient (Wildman–Crippen LogP) is 4.30. The molecule has 5 heteroatoms. The summed E-state index contributed by atoms with van der Waals surface area (Å²) in [6.07, 6.45) is 3.24. The first-order chi connectivity index (χ1) is 11.5. The summed E-state index contributed by atoms with van der Waals surface area (Å²) >= 11 is 3.49. The summed E-state index contributed by atoms with van der Waals surface area (Å²) in [5, 5.41) is 5.63. The fourth-order valence-corrected chi connectivity index (χ4v) is 2.85. The highest BCUT2D eigenvalue weighted by Crippen LogP contribution is 2.22. The van der Waals surface area contributed by atoms with Crippen molar-refractivity contribution < 1.29 is 9.59 Å². The Labute approximate surface area is 150 Å². The number of hydrogen-bond acceptors (Lipinski definition) is 2. The van der Waals surface area contributed by atoms with Crippen LogP contribution in [0.2, 0.25) is 0 Å². The van der Waals surface area contributed by atoms with Gasteiger partial charge in [-0.3, -0.25) is 9.59 Å². The van der Waals surface area contributed by atoms with Crippen LogP contribution in [0.5, 0.6) is 0 Å². The highest BCUT2D eigenvalue weighted by Gasteiger charge is 2.10. The van der Waals surface area contributed by atoms with Crippen molar-refractivity contribution in [2.75, 3.05) is 5.32 Å². The highest BCUT2D eigenvalue weighted by atomic mass is 79.9. The summed E-state index contributed by atoms with van der Waals surface area (Å²) in [4.78, 5) is 23.0. The highest BCUT2D eigenvalue weighted by molar-refractivity contribution is 9.10. The molecule has 2 aromatic carbocycles. The monoisotopic (exact) mass is 386 g/mol. The lowest BCUT2D eigenvalue weighted by Gasteiger charge is -2.14. The van der Waals surface area contributed by atoms with Crippen molar-refractivity contribution in [2.24, 2.45) is 0 Å². The summed E-state index contributed by atoms with van der Waals surface area (Å²) in [6, 6.07) is 15.0. The van der Waals surface area contributed by atoms with E-state index in [2.05, 4.69) is 26.6 Å². The van der Waals surface area contributed by atoms with E-state index in [1.807, 2.05) is 43.3 Å². The van der Waals surface area contributed by atoms with Gasteiger partial charge in [0.2, 0.25) is 11.8 Å². The summed E-state index contributed by atoms with van der Waals surface area (Å²) < 4.78 is 0.968. The maximum atomic E-state index is 12.1. The first-order valence-corrected chi connectivity index (χ1v) is 8.35. The largest absolute Gasteiger partial charge is 0.346 e. The second-order valence-electron chi connectivity index (χ2n) is 5.39. The molecule has 0 fully saturated rings. The summed E-state index contributed by atoms with van der Waals surface area (Å²) in [5.41, 5.74) is 2.64. The van der Waals surface area contributed by atoms with E-state index >= 15 is 0 Å². The van der Waals surface area contributed by atoms with Gasteiger partial charge in [-0.15, -0.1) is 0 Å². The SMILES string of the molecule is CC(=O)Nc1ccc(/C=C/C(=O)NC(C)c2ccccc2Br)cc1. The Morgan fingerprint density at radius 2 is 1.75 bits per heavy atom. The maximum Gasteiger partial charge on any atom is 0.244 e. The van der Waals surface area contributed by atoms with E-state index in [0.717, 1.165) is 21.3 Å². The number of hydrogen-bond donors (Lipinski definition) is 2. The molecule has 2 amide bonds. The molecular weight excluding hydrogens is 368 g/mol. The lowest BCUT2D eigenvalue weighted by molar-refractivity contribution is -0.117. The summed E-state index contributed by atoms with van der Waals surface area (Å²) in [5.74, 6) is -0.275. The van der Waals surface area contributed by atoms with Crippen molar-refractivity contribution in [1.29, 1.82) is 0 Å². The first-order valence-electron chi connectivity index (χ1n) is 7.56. The van der Waals surface area contributed by atoms with Gasteiger partial charge < -0.3 is 10.6 Å². The van der Waals surface area contributed by atoms with Gasteiger partial charge in [-0.2, -0.15) is 0 Å². The van der Waals surface area contributed by atoms with Crippen LogP contribution in [0.25, 0.3) is 6.08 Å². The van der Waals surface area contributed by atoms with Gasteiger partial charge in [0.15, 0.2) is 0 Å². The van der Waals surface area contributed by atoms with Crippen molar-refractivity contribution in [3.63, 3.8) is 0 Å². The molecule has 124 valence electrons. The number of anilines is 1. The van der Waals surface area contributed by atoms with Crippen LogP contribution < -0.4 is 10.6 Å². The molecule has 0 heterocycles. The predicted molar refractivity (Wildman–Crippen MR) is 100 cm³/mol. The molecule has 0 aromatic heterocycles. The maximum absolute atomic E-state index is 12.1. The number of benzene rings is 2. The van der Waals surface area contributed by atoms with Gasteiger partial charge in [-0.25, -0.2) is 0 Å². The molecule has 0 spiro atoms. The van der Waals surface area contributed by atoms with Crippen molar-refractivity contribution >= 4 is 39.5 Å². The molecule has 24 heavy (non-hydrogen) atoms. The molecule has 0 bridgehead atoms. The average Bonchev–Trinajstić information content (AvgIpc) is 2.54. The van der Waals surface area contributed by atoms with Crippen LogP contribution in [0, 0.1) is 0 Å². The molecule has 1 atom stereocenters. The normalized spacial score (nSPS) is 12.0. The topological polar surface area (TPSA) is 58.2 Å². The van der Waals surface area contributed by atoms with Crippen LogP contribution >= 0.6 is 15.9 Å². The number of nitrogens with one attached hydrogen (secondary N) is 2. The van der Waals surface area contributed by atoms with E-state index in [1.54, 1.807) is 18.2 Å². The van der Waals surface area contributed by atoms with Gasteiger partial charge >= 0.3 is 0 Å². The Kier molecular flexibility index (Phi) is 6.32. The minimum absolute atomic E-state index is 0.0973. The van der Waals surface area contributed by atoms with E-state index in [0.29, 0.717) is 0 Å². The van der Waals surface area contributed by atoms with Crippen LogP contribution in [0.15, 0.2) is 59.1 Å². The minimum atomic E-state index is -0.163. The summed E-state index contributed by atoms with van der Waals surface area (Å²) in [7, 11) is 0. The lowest BCUT2D eigenvalue weighted by atomic mass is 10.1. The second-order valence-corrected chi connectivity index (χ2v) is 6.24. The standard InChI is InChI=1S/C19H19BrN2O2/c1-13(17-5-3-4-6-18(17)20)21-19(24)12-9-15-7-10-16(11-8-15)22-14(2)23/h3-13H,1-2H3,(H,21,24)(H,22,23)/b12-9+. The van der Waals surface area contributed by atoms with Gasteiger partial charge in [-0.05, 0) is 42.3 Å². The second kappa shape index (κ2) is 8.45. The fourth-order valence-electron chi connectivity index (χ4n) is 2.22. The Morgan fingerprint density at radius 1 is 1.08 bits per heavy atom. The van der Waals surface area contributed by atoms with E-state index < -0.39 is 0 Å². The van der Waals surface area contributed by atoms with E-state index in [-0.39, 0.29) is 17.9 Å². The van der Waals surface area contributed by atoms with Crippen molar-refractivity contribution in [1.82, 2.24) is 5.32 Å². The number of rotatable bonds is 5. The molecule has 0 aliphatic rings. The van der Waals surface area contributed by atoms with Crippen LogP contribution in [0.1, 0.15) is 31.0 Å². The van der Waals surface area contributed by atoms with Gasteiger partial charge in [-0.1, -0.05) is 46.3 Å². The molecule has 0 aliphatic heterocycles. The zero-order chi connectivity index (χ0) is 17.5. The quantitative estimate of drug-likeness (QED) is 0.752. The number of carbonyl (C=O) groups is 2. The van der Waals surface area contributed by atoms with Gasteiger partial charge in [0.05, 0.1) is 6.04 Å². The Hall–Kier alpha value is -2.40. The lowest BCUT2D eigenvalue weighted by Crippen LogP contribution is -2.24. The molecule has 2 aromatic rings. The van der Waals surface area contributed by atoms with E-state index in [9.17, 15) is 9.59 Å². The minimum Gasteiger partial charge on any atom is -0.346 e. The molecule has 0 radical (unpaired) electrons. The smallest absolute Gasteiger partial charge is 0.244 e. The third-order valence-electron chi connectivity index (χ3n) is 3.39. The van der Waals surface area contributed by atoms with Crippen LogP contribution in [0.3, 0.4) is 0 Å². The van der Waals surface area contributed by atoms with E-state index in [1.165, 1.54) is 13.0 Å². The summed E-state index contributed by atoms with van der Waals surface area (Å²) in [6.45, 7) is 3.40. The van der Waals surface area contributed by atoms with Gasteiger partial charge in [0.1, 0.15) is 0 Å². The Balaban J connectivity index is 1.95. The Bertz CT molecular complexity index is 754. The molecule has 2 N–H and O–H groups in total. The third kappa shape index (κ3) is 5.35. The number of amides is 2. The van der Waals surface area contributed by atoms with Crippen molar-refractivity contribution in [3.8, 4) is 0 Å². The zero-order valence-electron chi connectivity index (χ0n) is 13.5. The molecule has 4 nitrogen and oxygen atoms in total. The molecular formula is C19H19BrN2O2. The van der Waals surface area contributed by atoms with E-state index in [4.69, 9.17) is 0 Å².